The third-order valence-electron chi connectivity index (χ3n) is 10.3. The first-order valence-corrected chi connectivity index (χ1v) is 23.0. The van der Waals surface area contributed by atoms with E-state index in [1.165, 1.54) is 86.0 Å². The van der Waals surface area contributed by atoms with Crippen molar-refractivity contribution in [3.63, 3.8) is 0 Å². The summed E-state index contributed by atoms with van der Waals surface area (Å²) in [4.78, 5) is 48.0. The molecular formula is C48H42Cl2F12N6O13. The summed E-state index contributed by atoms with van der Waals surface area (Å²) in [6, 6.07) is 23.3. The number of amides is 2. The number of carbonyl (C=O) groups is 4. The number of aliphatic hydroxyl groups is 3. The average Bonchev–Trinajstić information content (AvgIpc) is 4.15. The summed E-state index contributed by atoms with van der Waals surface area (Å²) in [6.45, 7) is -5.96. The van der Waals surface area contributed by atoms with Crippen molar-refractivity contribution in [3.8, 4) is 34.0 Å². The summed E-state index contributed by atoms with van der Waals surface area (Å²) < 4.78 is 170. The number of hydrogen-bond acceptors (Lipinski definition) is 16. The number of benzene rings is 4. The minimum atomic E-state index is -5.98. The molecule has 440 valence electrons. The van der Waals surface area contributed by atoms with Gasteiger partial charge in [-0.1, -0.05) is 71.7 Å². The normalized spacial score (nSPS) is 12.6. The Morgan fingerprint density at radius 3 is 1.31 bits per heavy atom. The number of methoxy groups -OCH3 is 2. The Labute approximate surface area is 458 Å². The lowest BCUT2D eigenvalue weighted by Crippen LogP contribution is -2.48. The van der Waals surface area contributed by atoms with Crippen LogP contribution in [-0.2, 0) is 27.4 Å². The number of aliphatic carboxylic acids is 1. The Bertz CT molecular complexity index is 3060. The number of carbonyl (C=O) groups excluding carboxylic acids is 3. The molecule has 0 unspecified atom stereocenters. The highest BCUT2D eigenvalue weighted by Crippen LogP contribution is 2.36. The summed E-state index contributed by atoms with van der Waals surface area (Å²) in [5.41, 5.74) is 7.43. The van der Waals surface area contributed by atoms with Crippen LogP contribution in [0.3, 0.4) is 0 Å². The summed E-state index contributed by atoms with van der Waals surface area (Å²) in [7, 11) is 2.61. The van der Waals surface area contributed by atoms with Gasteiger partial charge in [0, 0.05) is 34.3 Å². The highest BCUT2D eigenvalue weighted by molar-refractivity contribution is 6.31. The van der Waals surface area contributed by atoms with Crippen LogP contribution in [0, 0.1) is 11.6 Å². The first kappa shape index (κ1) is 65.8. The second-order valence-electron chi connectivity index (χ2n) is 16.3. The summed E-state index contributed by atoms with van der Waals surface area (Å²) in [5.74, 6) is -16.6. The number of aromatic nitrogens is 2. The molecule has 0 aliphatic carbocycles. The van der Waals surface area contributed by atoms with E-state index >= 15 is 0 Å². The third-order valence-corrected chi connectivity index (χ3v) is 10.7. The van der Waals surface area contributed by atoms with Crippen molar-refractivity contribution in [2.75, 3.05) is 40.5 Å². The molecule has 0 saturated heterocycles. The van der Waals surface area contributed by atoms with Crippen LogP contribution >= 0.6 is 23.2 Å². The number of nitrogens with one attached hydrogen (secondary N) is 2. The number of carboxylic acid groups (broad SMARTS) is 1. The summed E-state index contributed by atoms with van der Waals surface area (Å²) >= 11 is 11.9. The number of nitrogens with zero attached hydrogens (tertiary/aromatic N) is 4. The predicted octanol–water partition coefficient (Wildman–Crippen LogP) is 8.30. The van der Waals surface area contributed by atoms with Gasteiger partial charge in [-0.3, -0.25) is 20.4 Å². The molecule has 2 atom stereocenters. The van der Waals surface area contributed by atoms with Crippen molar-refractivity contribution >= 4 is 47.0 Å². The maximum atomic E-state index is 14.2. The van der Waals surface area contributed by atoms with Gasteiger partial charge < -0.3 is 43.7 Å². The van der Waals surface area contributed by atoms with Gasteiger partial charge in [-0.2, -0.15) is 43.9 Å². The van der Waals surface area contributed by atoms with Crippen molar-refractivity contribution in [1.82, 2.24) is 31.2 Å². The summed E-state index contributed by atoms with van der Waals surface area (Å²) in [6.07, 6.45) is -15.6. The van der Waals surface area contributed by atoms with Gasteiger partial charge in [0.05, 0.1) is 39.4 Å². The lowest BCUT2D eigenvalue weighted by molar-refractivity contribution is -0.294. The predicted molar refractivity (Wildman–Crippen MR) is 255 cm³/mol. The first-order valence-electron chi connectivity index (χ1n) is 22.3. The number of rotatable bonds is 21. The van der Waals surface area contributed by atoms with Crippen molar-refractivity contribution in [2.24, 2.45) is 0 Å². The maximum absolute atomic E-state index is 14.2. The fourth-order valence-corrected chi connectivity index (χ4v) is 6.42. The van der Waals surface area contributed by atoms with Crippen molar-refractivity contribution < 1.29 is 116 Å². The van der Waals surface area contributed by atoms with Crippen LogP contribution in [0.1, 0.15) is 32.2 Å². The Kier molecular flexibility index (Phi) is 23.3. The van der Waals surface area contributed by atoms with Gasteiger partial charge in [0.15, 0.2) is 18.8 Å². The largest absolute Gasteiger partial charge is 0.479 e. The van der Waals surface area contributed by atoms with Crippen molar-refractivity contribution in [3.05, 3.63) is 141 Å². The minimum absolute atomic E-state index is 0.0413. The minimum Gasteiger partial charge on any atom is -0.479 e. The van der Waals surface area contributed by atoms with Crippen LogP contribution in [0.15, 0.2) is 106 Å². The van der Waals surface area contributed by atoms with E-state index in [-0.39, 0.29) is 41.9 Å². The topological polar surface area (TPSA) is 259 Å². The molecule has 2 aromatic heterocycles. The standard InChI is InChI=1S/C24H20ClF6N3O6.C21H19ClFN3O6.C3H3F5O/c1-38-20-9-19(40-33-20)21(36)32-34(11-18(35)22(37)39-12-23(27,28)24(29,30)31)10-13-2-4-14(5-3-13)16-8-15(25)6-7-17(16)26;1-31-19-9-18(32-25-19)20(28)24-26(11-17(27)21(29)30)10-12-2-4-13(5-3-12)15-8-14(22)6-7-16(15)23;4-2(5,1-9)3(6,7)8/h2-9,18,35H,10-12H2,1H3,(H,32,36);2-9,17,27H,10-11H2,1H3,(H,24,28)(H,29,30);9H,1H2/t18-;17-;/m11./s1. The van der Waals surface area contributed by atoms with E-state index in [0.29, 0.717) is 37.9 Å². The molecule has 81 heavy (non-hydrogen) atoms. The number of esters is 1. The van der Waals surface area contributed by atoms with Crippen molar-refractivity contribution in [2.45, 2.75) is 49.5 Å². The molecule has 6 N–H and O–H groups in total. The van der Waals surface area contributed by atoms with Gasteiger partial charge in [0.2, 0.25) is 11.5 Å². The molecule has 6 aromatic rings. The van der Waals surface area contributed by atoms with Gasteiger partial charge in [-0.25, -0.2) is 28.4 Å². The third kappa shape index (κ3) is 19.5. The second-order valence-corrected chi connectivity index (χ2v) is 17.2. The fraction of sp³-hybridized carbons (Fsp3) is 0.292. The summed E-state index contributed by atoms with van der Waals surface area (Å²) in [5, 5.41) is 46.2. The van der Waals surface area contributed by atoms with Gasteiger partial charge >= 0.3 is 48.0 Å². The zero-order chi connectivity index (χ0) is 60.6. The van der Waals surface area contributed by atoms with Crippen LogP contribution in [0.4, 0.5) is 52.7 Å². The van der Waals surface area contributed by atoms with Gasteiger partial charge in [0.1, 0.15) is 18.2 Å². The molecule has 19 nitrogen and oxygen atoms in total. The quantitative estimate of drug-likeness (QED) is 0.0225. The number of ether oxygens (including phenoxy) is 3. The smallest absolute Gasteiger partial charge is 0.456 e. The molecule has 0 saturated carbocycles. The molecule has 0 fully saturated rings. The molecule has 33 heteroatoms. The molecule has 6 rings (SSSR count). The zero-order valence-corrected chi connectivity index (χ0v) is 42.7. The Hall–Kier alpha value is -7.68. The first-order chi connectivity index (χ1) is 37.8. The van der Waals surface area contributed by atoms with Crippen LogP contribution in [0.5, 0.6) is 11.8 Å². The Balaban J connectivity index is 0.000000307. The second kappa shape index (κ2) is 28.6. The van der Waals surface area contributed by atoms with E-state index in [1.807, 2.05) is 0 Å². The van der Waals surface area contributed by atoms with E-state index in [2.05, 4.69) is 25.9 Å². The SMILES string of the molecule is COc1cc(C(=O)NN(Cc2ccc(-c3cc(Cl)ccc3F)cc2)C[C@@H](O)C(=O)O)on1.COc1cc(C(=O)NN(Cc2ccc(-c3cc(Cl)ccc3F)cc2)C[C@@H](O)C(=O)OCC(F)(F)C(F)(F)F)on1.OCC(F)(F)C(F)(F)F. The highest BCUT2D eigenvalue weighted by atomic mass is 35.5. The molecule has 0 spiro atoms. The number of halogens is 14. The van der Waals surface area contributed by atoms with Crippen LogP contribution in [-0.4, -0.2) is 141 Å². The Morgan fingerprint density at radius 2 is 0.988 bits per heavy atom. The van der Waals surface area contributed by atoms with Crippen LogP contribution in [0.25, 0.3) is 22.3 Å². The van der Waals surface area contributed by atoms with E-state index in [4.69, 9.17) is 51.9 Å². The molecule has 0 bridgehead atoms. The van der Waals surface area contributed by atoms with E-state index in [1.54, 1.807) is 24.3 Å². The van der Waals surface area contributed by atoms with Gasteiger partial charge in [-0.05, 0) is 69.0 Å². The number of hydrogen-bond donors (Lipinski definition) is 6. The van der Waals surface area contributed by atoms with Crippen LogP contribution in [0.2, 0.25) is 10.0 Å². The lowest BCUT2D eigenvalue weighted by Gasteiger charge is -2.25. The van der Waals surface area contributed by atoms with E-state index < -0.39 is 98.1 Å². The monoisotopic (exact) mass is 1210 g/mol. The molecule has 4 aromatic carbocycles. The maximum Gasteiger partial charge on any atom is 0.456 e. The molecular weight excluding hydrogens is 1170 g/mol. The highest BCUT2D eigenvalue weighted by Gasteiger charge is 2.59. The number of alkyl halides is 10. The van der Waals surface area contributed by atoms with Crippen molar-refractivity contribution in [1.29, 1.82) is 0 Å². The molecule has 2 amide bonds. The van der Waals surface area contributed by atoms with Crippen LogP contribution < -0.4 is 20.3 Å². The average molecular weight is 1210 g/mol. The lowest BCUT2D eigenvalue weighted by atomic mass is 10.0. The molecule has 2 heterocycles. The molecule has 0 aliphatic heterocycles. The van der Waals surface area contributed by atoms with Gasteiger partial charge in [-0.15, -0.1) is 0 Å². The number of aliphatic hydroxyl groups excluding tert-OH is 3. The van der Waals surface area contributed by atoms with E-state index in [9.17, 15) is 82.1 Å². The fourth-order valence-electron chi connectivity index (χ4n) is 6.08. The number of hydrazine groups is 2. The number of carboxylic acids is 1. The molecule has 0 aliphatic rings. The molecule has 0 radical (unpaired) electrons. The Morgan fingerprint density at radius 1 is 0.605 bits per heavy atom. The van der Waals surface area contributed by atoms with E-state index in [0.717, 1.165) is 11.1 Å². The zero-order valence-electron chi connectivity index (χ0n) is 41.2. The van der Waals surface area contributed by atoms with Gasteiger partial charge in [0.25, 0.3) is 11.8 Å².